The summed E-state index contributed by atoms with van der Waals surface area (Å²) < 4.78 is 59.7. The lowest BCUT2D eigenvalue weighted by molar-refractivity contribution is -0.139. The number of hydrogen-bond donors (Lipinski definition) is 1. The van der Waals surface area contributed by atoms with Crippen molar-refractivity contribution in [2.75, 3.05) is 58.1 Å². The number of fused-ring (bicyclic) bond motifs is 4. The molecule has 0 aromatic heterocycles. The second-order valence-electron chi connectivity index (χ2n) is 14.0. The van der Waals surface area contributed by atoms with E-state index in [0.29, 0.717) is 55.8 Å². The smallest absolute Gasteiger partial charge is 0.410 e. The molecule has 2 aromatic rings. The summed E-state index contributed by atoms with van der Waals surface area (Å²) in [5.41, 5.74) is 0.294. The largest absolute Gasteiger partial charge is 0.488 e. The maximum absolute atomic E-state index is 13.6. The van der Waals surface area contributed by atoms with Gasteiger partial charge in [-0.15, -0.1) is 0 Å². The first-order valence-electron chi connectivity index (χ1n) is 16.7. The Morgan fingerprint density at radius 1 is 1.12 bits per heavy atom. The van der Waals surface area contributed by atoms with E-state index in [9.17, 15) is 18.0 Å². The highest BCUT2D eigenvalue weighted by atomic mass is 35.5. The minimum atomic E-state index is -4.27. The van der Waals surface area contributed by atoms with Gasteiger partial charge in [-0.3, -0.25) is 4.79 Å². The summed E-state index contributed by atoms with van der Waals surface area (Å²) in [5.74, 6) is -0.252. The van der Waals surface area contributed by atoms with E-state index in [1.807, 2.05) is 24.3 Å². The van der Waals surface area contributed by atoms with E-state index < -0.39 is 39.3 Å². The molecule has 49 heavy (non-hydrogen) atoms. The van der Waals surface area contributed by atoms with Crippen LogP contribution in [-0.4, -0.2) is 96.2 Å². The predicted octanol–water partition coefficient (Wildman–Crippen LogP) is 4.04. The summed E-state index contributed by atoms with van der Waals surface area (Å²) in [6.45, 7) is 5.52. The van der Waals surface area contributed by atoms with Crippen LogP contribution >= 0.6 is 11.6 Å². The van der Waals surface area contributed by atoms with E-state index >= 15 is 0 Å². The fourth-order valence-corrected chi connectivity index (χ4v) is 8.46. The number of carbonyl (C=O) groups is 2. The van der Waals surface area contributed by atoms with Crippen LogP contribution in [0.2, 0.25) is 5.02 Å². The lowest BCUT2D eigenvalue weighted by atomic mass is 9.70. The summed E-state index contributed by atoms with van der Waals surface area (Å²) in [7, 11) is -2.56. The molecule has 4 atom stereocenters. The molecule has 5 aliphatic rings. The molecule has 1 saturated carbocycles. The van der Waals surface area contributed by atoms with Crippen LogP contribution in [-0.2, 0) is 45.8 Å². The summed E-state index contributed by atoms with van der Waals surface area (Å²) in [5, 5.41) is 0.644. The number of nitrogens with zero attached hydrogens (tertiary/aromatic N) is 2. The molecule has 7 rings (SSSR count). The fraction of sp³-hybridized carbons (Fsp3) is 0.543. The third-order valence-electron chi connectivity index (χ3n) is 10.5. The number of carbonyl (C=O) groups excluding carboxylic acids is 2. The van der Waals surface area contributed by atoms with Gasteiger partial charge in [-0.1, -0.05) is 23.7 Å². The van der Waals surface area contributed by atoms with Crippen molar-refractivity contribution < 1.29 is 41.7 Å². The van der Waals surface area contributed by atoms with Crippen molar-refractivity contribution in [1.29, 1.82) is 0 Å². The van der Waals surface area contributed by atoms with E-state index in [2.05, 4.69) is 9.62 Å². The topological polar surface area (TPSA) is 133 Å². The minimum absolute atomic E-state index is 0.00377. The van der Waals surface area contributed by atoms with Crippen molar-refractivity contribution in [1.82, 2.24) is 9.62 Å². The number of likely N-dealkylation sites (N-methyl/N-ethyl adjacent to an activating group) is 1. The molecule has 1 saturated heterocycles. The van der Waals surface area contributed by atoms with Gasteiger partial charge in [0, 0.05) is 24.5 Å². The fourth-order valence-electron chi connectivity index (χ4n) is 7.15. The van der Waals surface area contributed by atoms with Crippen molar-refractivity contribution in [2.45, 2.75) is 61.4 Å². The molecule has 2 aromatic carbocycles. The van der Waals surface area contributed by atoms with Crippen molar-refractivity contribution in [2.24, 2.45) is 11.8 Å². The minimum Gasteiger partial charge on any atom is -0.488 e. The molecule has 12 nitrogen and oxygen atoms in total. The van der Waals surface area contributed by atoms with Crippen LogP contribution in [0.25, 0.3) is 0 Å². The average molecular weight is 716 g/mol. The van der Waals surface area contributed by atoms with E-state index in [-0.39, 0.29) is 36.0 Å². The number of amides is 2. The third kappa shape index (κ3) is 6.63. The lowest BCUT2D eigenvalue weighted by Crippen LogP contribution is -2.53. The predicted molar refractivity (Wildman–Crippen MR) is 180 cm³/mol. The number of anilines is 1. The normalized spacial score (nSPS) is 29.8. The van der Waals surface area contributed by atoms with E-state index in [1.54, 1.807) is 30.2 Å². The SMILES string of the molecule is CN(C(=O)O[C@H]1/C=C/COC(C)(C)C(=O)NS(=O)(=O)c2ccc3c(c2)N(C[C@@H]2CC[C@H]21)C[C@]1(CO3)OCCc2cc(Cl)ccc21)C1COC1. The van der Waals surface area contributed by atoms with Crippen LogP contribution in [0.3, 0.4) is 0 Å². The molecule has 14 heteroatoms. The number of sulfonamides is 1. The molecule has 1 aliphatic carbocycles. The van der Waals surface area contributed by atoms with Crippen molar-refractivity contribution in [3.05, 3.63) is 64.7 Å². The molecule has 0 radical (unpaired) electrons. The van der Waals surface area contributed by atoms with Gasteiger partial charge in [0.1, 0.15) is 29.7 Å². The van der Waals surface area contributed by atoms with Crippen LogP contribution < -0.4 is 14.4 Å². The Labute approximate surface area is 291 Å². The van der Waals surface area contributed by atoms with Gasteiger partial charge in [0.15, 0.2) is 0 Å². The molecular weight excluding hydrogens is 674 g/mol. The number of rotatable bonds is 2. The van der Waals surface area contributed by atoms with Gasteiger partial charge >= 0.3 is 6.09 Å². The monoisotopic (exact) mass is 715 g/mol. The number of hydrogen-bond acceptors (Lipinski definition) is 10. The molecular formula is C35H42ClN3O9S. The number of ether oxygens (including phenoxy) is 5. The van der Waals surface area contributed by atoms with Crippen LogP contribution in [0, 0.1) is 11.8 Å². The Morgan fingerprint density at radius 3 is 2.67 bits per heavy atom. The maximum atomic E-state index is 13.6. The molecule has 4 aliphatic heterocycles. The zero-order valence-corrected chi connectivity index (χ0v) is 29.4. The van der Waals surface area contributed by atoms with Crippen molar-refractivity contribution >= 4 is 39.3 Å². The Kier molecular flexibility index (Phi) is 9.10. The van der Waals surface area contributed by atoms with E-state index in [0.717, 1.165) is 24.0 Å². The molecule has 2 fully saturated rings. The average Bonchev–Trinajstić information content (AvgIpc) is 3.16. The third-order valence-corrected chi connectivity index (χ3v) is 12.0. The Balaban J connectivity index is 1.28. The van der Waals surface area contributed by atoms with Crippen LogP contribution in [0.1, 0.15) is 37.8 Å². The highest BCUT2D eigenvalue weighted by Crippen LogP contribution is 2.46. The summed E-state index contributed by atoms with van der Waals surface area (Å²) in [4.78, 5) is 30.1. The molecule has 1 N–H and O–H groups in total. The Hall–Kier alpha value is -3.36. The van der Waals surface area contributed by atoms with Crippen LogP contribution in [0.4, 0.5) is 10.5 Å². The van der Waals surface area contributed by atoms with Gasteiger partial charge in [0.05, 0.1) is 49.6 Å². The van der Waals surface area contributed by atoms with Gasteiger partial charge in [0.25, 0.3) is 15.9 Å². The molecule has 0 unspecified atom stereocenters. The van der Waals surface area contributed by atoms with Gasteiger partial charge in [-0.05, 0) is 86.6 Å². The Bertz CT molecular complexity index is 1760. The summed E-state index contributed by atoms with van der Waals surface area (Å²) >= 11 is 6.39. The van der Waals surface area contributed by atoms with Crippen molar-refractivity contribution in [3.63, 3.8) is 0 Å². The van der Waals surface area contributed by atoms with Gasteiger partial charge < -0.3 is 33.5 Å². The Morgan fingerprint density at radius 2 is 1.94 bits per heavy atom. The number of benzene rings is 2. The van der Waals surface area contributed by atoms with Gasteiger partial charge in [-0.2, -0.15) is 0 Å². The van der Waals surface area contributed by atoms with Crippen LogP contribution in [0.15, 0.2) is 53.4 Å². The molecule has 1 spiro atoms. The molecule has 2 amide bonds. The van der Waals surface area contributed by atoms with Crippen LogP contribution in [0.5, 0.6) is 5.75 Å². The second kappa shape index (κ2) is 13.1. The highest BCUT2D eigenvalue weighted by Gasteiger charge is 2.46. The summed E-state index contributed by atoms with van der Waals surface area (Å²) in [6, 6.07) is 10.4. The zero-order valence-electron chi connectivity index (χ0n) is 27.9. The number of halogens is 1. The molecule has 4 heterocycles. The first-order chi connectivity index (χ1) is 23.3. The van der Waals surface area contributed by atoms with Gasteiger partial charge in [-0.25, -0.2) is 17.9 Å². The quantitative estimate of drug-likeness (QED) is 0.455. The van der Waals surface area contributed by atoms with E-state index in [4.69, 9.17) is 35.3 Å². The highest BCUT2D eigenvalue weighted by molar-refractivity contribution is 7.90. The second-order valence-corrected chi connectivity index (χ2v) is 16.1. The van der Waals surface area contributed by atoms with E-state index in [1.165, 1.54) is 19.9 Å². The zero-order chi connectivity index (χ0) is 34.6. The first kappa shape index (κ1) is 34.1. The number of nitrogens with one attached hydrogen (secondary N) is 1. The molecule has 2 bridgehead atoms. The standard InChI is InChI=1S/C35H42ClN3O9S/c1-34(2)32(40)37-49(42,43)26-8-11-31-29(16-26)39(20-35(21-45-31)28-10-7-24(36)15-22(28)12-14-47-35)17-23-6-9-27(23)30(5-4-13-46-34)48-33(41)38(3)25-18-44-19-25/h4-5,7-8,10-11,15-16,23,25,27,30H,6,9,12-14,17-21H2,1-3H3,(H,37,40)/b5-4+/t23-,27+,30-,35+/m0/s1. The van der Waals surface area contributed by atoms with Crippen molar-refractivity contribution in [3.8, 4) is 5.75 Å². The lowest BCUT2D eigenvalue weighted by Gasteiger charge is -2.46. The molecule has 264 valence electrons. The van der Waals surface area contributed by atoms with Gasteiger partial charge in [0.2, 0.25) is 0 Å². The first-order valence-corrected chi connectivity index (χ1v) is 18.6. The maximum Gasteiger partial charge on any atom is 0.410 e. The summed E-state index contributed by atoms with van der Waals surface area (Å²) in [6.07, 6.45) is 4.97.